The predicted octanol–water partition coefficient (Wildman–Crippen LogP) is 3.26. The Bertz CT molecular complexity index is 711. The van der Waals surface area contributed by atoms with Crippen LogP contribution in [-0.2, 0) is 17.6 Å². The zero-order chi connectivity index (χ0) is 17.7. The summed E-state index contributed by atoms with van der Waals surface area (Å²) >= 11 is 0. The number of methoxy groups -OCH3 is 1. The van der Waals surface area contributed by atoms with Crippen molar-refractivity contribution in [3.8, 4) is 5.75 Å². The molecule has 0 unspecified atom stereocenters. The third kappa shape index (κ3) is 4.13. The number of aromatic nitrogens is 1. The molecule has 1 amide bonds. The fourth-order valence-electron chi connectivity index (χ4n) is 2.91. The highest BCUT2D eigenvalue weighted by molar-refractivity contribution is 5.79. The van der Waals surface area contributed by atoms with Gasteiger partial charge in [-0.1, -0.05) is 6.07 Å². The van der Waals surface area contributed by atoms with Gasteiger partial charge in [-0.15, -0.1) is 0 Å². The monoisotopic (exact) mass is 326 g/mol. The van der Waals surface area contributed by atoms with Gasteiger partial charge in [0, 0.05) is 26.0 Å². The Balaban J connectivity index is 2.04. The number of nitrogens with zero attached hydrogens (tertiary/aromatic N) is 2. The molecule has 4 heteroatoms. The SMILES string of the molecule is COc1c(C)cc(CC(=O)N(C)CCc2ccncc2)c(C)c1C. The van der Waals surface area contributed by atoms with Crippen LogP contribution in [0.3, 0.4) is 0 Å². The second-order valence-electron chi connectivity index (χ2n) is 6.23. The zero-order valence-corrected chi connectivity index (χ0v) is 15.2. The second kappa shape index (κ2) is 7.95. The zero-order valence-electron chi connectivity index (χ0n) is 15.2. The van der Waals surface area contributed by atoms with Crippen molar-refractivity contribution in [1.29, 1.82) is 0 Å². The van der Waals surface area contributed by atoms with Crippen molar-refractivity contribution in [2.75, 3.05) is 20.7 Å². The van der Waals surface area contributed by atoms with Crippen molar-refractivity contribution in [2.45, 2.75) is 33.6 Å². The van der Waals surface area contributed by atoms with Crippen LogP contribution in [0.2, 0.25) is 0 Å². The predicted molar refractivity (Wildman–Crippen MR) is 96.5 cm³/mol. The number of benzene rings is 1. The summed E-state index contributed by atoms with van der Waals surface area (Å²) in [5.74, 6) is 1.05. The molecule has 0 aliphatic carbocycles. The van der Waals surface area contributed by atoms with Crippen molar-refractivity contribution in [2.24, 2.45) is 0 Å². The largest absolute Gasteiger partial charge is 0.496 e. The van der Waals surface area contributed by atoms with Gasteiger partial charge >= 0.3 is 0 Å². The minimum absolute atomic E-state index is 0.135. The Hall–Kier alpha value is -2.36. The minimum atomic E-state index is 0.135. The fourth-order valence-corrected chi connectivity index (χ4v) is 2.91. The summed E-state index contributed by atoms with van der Waals surface area (Å²) < 4.78 is 5.45. The van der Waals surface area contributed by atoms with Crippen molar-refractivity contribution < 1.29 is 9.53 Å². The molecule has 24 heavy (non-hydrogen) atoms. The number of hydrogen-bond donors (Lipinski definition) is 0. The Morgan fingerprint density at radius 2 is 1.83 bits per heavy atom. The lowest BCUT2D eigenvalue weighted by atomic mass is 9.96. The van der Waals surface area contributed by atoms with E-state index in [0.717, 1.165) is 34.4 Å². The third-order valence-corrected chi connectivity index (χ3v) is 4.59. The molecule has 2 aromatic rings. The van der Waals surface area contributed by atoms with Gasteiger partial charge in [-0.05, 0) is 67.1 Å². The van der Waals surface area contributed by atoms with Crippen LogP contribution in [0.4, 0.5) is 0 Å². The first kappa shape index (κ1) is 18.0. The van der Waals surface area contributed by atoms with E-state index in [1.165, 1.54) is 5.56 Å². The van der Waals surface area contributed by atoms with Crippen molar-refractivity contribution in [3.63, 3.8) is 0 Å². The van der Waals surface area contributed by atoms with E-state index >= 15 is 0 Å². The first-order valence-electron chi connectivity index (χ1n) is 8.20. The Kier molecular flexibility index (Phi) is 5.96. The lowest BCUT2D eigenvalue weighted by Crippen LogP contribution is -2.30. The summed E-state index contributed by atoms with van der Waals surface area (Å²) in [4.78, 5) is 18.4. The molecule has 1 aromatic heterocycles. The molecule has 4 nitrogen and oxygen atoms in total. The van der Waals surface area contributed by atoms with E-state index in [1.807, 2.05) is 33.0 Å². The number of pyridine rings is 1. The number of ether oxygens (including phenoxy) is 1. The smallest absolute Gasteiger partial charge is 0.226 e. The maximum absolute atomic E-state index is 12.5. The molecule has 1 aromatic carbocycles. The average molecular weight is 326 g/mol. The summed E-state index contributed by atoms with van der Waals surface area (Å²) in [6.07, 6.45) is 4.82. The van der Waals surface area contributed by atoms with Crippen molar-refractivity contribution >= 4 is 5.91 Å². The van der Waals surface area contributed by atoms with Gasteiger partial charge in [-0.3, -0.25) is 9.78 Å². The first-order chi connectivity index (χ1) is 11.4. The van der Waals surface area contributed by atoms with Crippen LogP contribution >= 0.6 is 0 Å². The summed E-state index contributed by atoms with van der Waals surface area (Å²) in [6.45, 7) is 6.82. The number of aryl methyl sites for hydroxylation is 1. The van der Waals surface area contributed by atoms with Crippen LogP contribution in [-0.4, -0.2) is 36.5 Å². The molecule has 0 saturated heterocycles. The van der Waals surface area contributed by atoms with Gasteiger partial charge in [-0.2, -0.15) is 0 Å². The number of hydrogen-bond acceptors (Lipinski definition) is 3. The van der Waals surface area contributed by atoms with Crippen LogP contribution in [0.5, 0.6) is 5.75 Å². The molecule has 0 spiro atoms. The third-order valence-electron chi connectivity index (χ3n) is 4.59. The molecule has 1 heterocycles. The van der Waals surface area contributed by atoms with Crippen LogP contribution < -0.4 is 4.74 Å². The highest BCUT2D eigenvalue weighted by Gasteiger charge is 2.15. The number of rotatable bonds is 6. The number of likely N-dealkylation sites (N-methyl/N-ethyl adjacent to an activating group) is 1. The van der Waals surface area contributed by atoms with Crippen LogP contribution in [0.15, 0.2) is 30.6 Å². The molecule has 0 atom stereocenters. The first-order valence-corrected chi connectivity index (χ1v) is 8.20. The van der Waals surface area contributed by atoms with Crippen LogP contribution in [0, 0.1) is 20.8 Å². The van der Waals surface area contributed by atoms with E-state index < -0.39 is 0 Å². The van der Waals surface area contributed by atoms with Gasteiger partial charge in [0.05, 0.1) is 13.5 Å². The molecular formula is C20H26N2O2. The maximum atomic E-state index is 12.5. The van der Waals surface area contributed by atoms with E-state index in [4.69, 9.17) is 4.74 Å². The number of carbonyl (C=O) groups is 1. The molecule has 0 aliphatic heterocycles. The van der Waals surface area contributed by atoms with Crippen LogP contribution in [0.1, 0.15) is 27.8 Å². The van der Waals surface area contributed by atoms with Crippen molar-refractivity contribution in [3.05, 3.63) is 58.4 Å². The average Bonchev–Trinajstić information content (AvgIpc) is 2.58. The van der Waals surface area contributed by atoms with Gasteiger partial charge in [0.25, 0.3) is 0 Å². The molecule has 2 rings (SSSR count). The van der Waals surface area contributed by atoms with Gasteiger partial charge in [0.15, 0.2) is 0 Å². The van der Waals surface area contributed by atoms with Gasteiger partial charge in [0.1, 0.15) is 5.75 Å². The van der Waals surface area contributed by atoms with Crippen molar-refractivity contribution in [1.82, 2.24) is 9.88 Å². The van der Waals surface area contributed by atoms with E-state index in [9.17, 15) is 4.79 Å². The normalized spacial score (nSPS) is 10.5. The lowest BCUT2D eigenvalue weighted by Gasteiger charge is -2.20. The molecule has 0 aliphatic rings. The van der Waals surface area contributed by atoms with Gasteiger partial charge in [0.2, 0.25) is 5.91 Å². The highest BCUT2D eigenvalue weighted by atomic mass is 16.5. The Morgan fingerprint density at radius 3 is 2.46 bits per heavy atom. The summed E-state index contributed by atoms with van der Waals surface area (Å²) in [5, 5.41) is 0. The standard InChI is InChI=1S/C20H26N2O2/c1-14-12-18(15(2)16(3)20(14)24-5)13-19(23)22(4)11-8-17-6-9-21-10-7-17/h6-7,9-10,12H,8,11,13H2,1-5H3. The fraction of sp³-hybridized carbons (Fsp3) is 0.400. The summed E-state index contributed by atoms with van der Waals surface area (Å²) in [5.41, 5.74) is 5.58. The van der Waals surface area contributed by atoms with Crippen LogP contribution in [0.25, 0.3) is 0 Å². The summed E-state index contributed by atoms with van der Waals surface area (Å²) in [6, 6.07) is 6.03. The van der Waals surface area contributed by atoms with E-state index in [0.29, 0.717) is 13.0 Å². The number of amides is 1. The lowest BCUT2D eigenvalue weighted by molar-refractivity contribution is -0.129. The molecule has 0 fully saturated rings. The Labute approximate surface area is 144 Å². The molecule has 0 N–H and O–H groups in total. The maximum Gasteiger partial charge on any atom is 0.226 e. The Morgan fingerprint density at radius 1 is 1.17 bits per heavy atom. The molecule has 0 bridgehead atoms. The van der Waals surface area contributed by atoms with E-state index in [-0.39, 0.29) is 5.91 Å². The van der Waals surface area contributed by atoms with E-state index in [2.05, 4.69) is 18.0 Å². The summed E-state index contributed by atoms with van der Waals surface area (Å²) in [7, 11) is 3.55. The van der Waals surface area contributed by atoms with Gasteiger partial charge < -0.3 is 9.64 Å². The second-order valence-corrected chi connectivity index (χ2v) is 6.23. The molecule has 0 radical (unpaired) electrons. The van der Waals surface area contributed by atoms with Gasteiger partial charge in [-0.25, -0.2) is 0 Å². The number of carbonyl (C=O) groups excluding carboxylic acids is 1. The molecule has 0 saturated carbocycles. The molecule has 128 valence electrons. The topological polar surface area (TPSA) is 42.4 Å². The minimum Gasteiger partial charge on any atom is -0.496 e. The molecular weight excluding hydrogens is 300 g/mol. The highest BCUT2D eigenvalue weighted by Crippen LogP contribution is 2.28. The van der Waals surface area contributed by atoms with E-state index in [1.54, 1.807) is 24.4 Å². The quantitative estimate of drug-likeness (QED) is 0.818.